The number of nitro groups is 1. The summed E-state index contributed by atoms with van der Waals surface area (Å²) in [4.78, 5) is 12.5. The molecule has 1 spiro atoms. The third-order valence-corrected chi connectivity index (χ3v) is 7.58. The summed E-state index contributed by atoms with van der Waals surface area (Å²) in [5.41, 5.74) is 0.422. The lowest BCUT2D eigenvalue weighted by Crippen LogP contribution is -2.47. The van der Waals surface area contributed by atoms with Gasteiger partial charge in [-0.3, -0.25) is 10.1 Å². The second-order valence-electron chi connectivity index (χ2n) is 6.69. The van der Waals surface area contributed by atoms with Gasteiger partial charge in [0.15, 0.2) is 9.84 Å². The Kier molecular flexibility index (Phi) is 4.79. The number of rotatable bonds is 3. The number of nitrogens with zero attached hydrogens (tertiary/aromatic N) is 2. The number of hydrogen-bond acceptors (Lipinski definition) is 6. The normalized spacial score (nSPS) is 21.0. The molecule has 0 atom stereocenters. The maximum atomic E-state index is 12.0. The Labute approximate surface area is 146 Å². The van der Waals surface area contributed by atoms with Gasteiger partial charge in [-0.2, -0.15) is 11.8 Å². The molecule has 0 radical (unpaired) electrons. The molecule has 8 heteroatoms. The summed E-state index contributed by atoms with van der Waals surface area (Å²) in [5.74, 6) is 1.01. The summed E-state index contributed by atoms with van der Waals surface area (Å²) in [5, 5.41) is 11.1. The van der Waals surface area contributed by atoms with Crippen LogP contribution in [0.3, 0.4) is 0 Å². The van der Waals surface area contributed by atoms with Gasteiger partial charge in [0.25, 0.3) is 5.69 Å². The third-order valence-electron chi connectivity index (χ3n) is 4.92. The quantitative estimate of drug-likeness (QED) is 0.600. The first-order chi connectivity index (χ1) is 11.3. The van der Waals surface area contributed by atoms with Crippen molar-refractivity contribution in [1.29, 1.82) is 0 Å². The molecule has 1 aliphatic heterocycles. The molecule has 1 aromatic carbocycles. The van der Waals surface area contributed by atoms with Gasteiger partial charge in [0.2, 0.25) is 0 Å². The molecular formula is C16H22N2O4S2. The van der Waals surface area contributed by atoms with Gasteiger partial charge >= 0.3 is 0 Å². The van der Waals surface area contributed by atoms with Crippen LogP contribution in [0.25, 0.3) is 0 Å². The summed E-state index contributed by atoms with van der Waals surface area (Å²) in [6.45, 7) is 1.73. The molecule has 24 heavy (non-hydrogen) atoms. The number of hydrogen-bond donors (Lipinski definition) is 0. The van der Waals surface area contributed by atoms with E-state index in [1.165, 1.54) is 44.2 Å². The molecule has 3 rings (SSSR count). The van der Waals surface area contributed by atoms with Crippen molar-refractivity contribution in [3.05, 3.63) is 28.3 Å². The molecule has 1 heterocycles. The first kappa shape index (κ1) is 17.5. The Morgan fingerprint density at radius 2 is 1.96 bits per heavy atom. The number of nitro benzene ring substituents is 1. The minimum atomic E-state index is -3.65. The molecule has 2 fully saturated rings. The predicted molar refractivity (Wildman–Crippen MR) is 96.7 cm³/mol. The van der Waals surface area contributed by atoms with Crippen molar-refractivity contribution in [2.24, 2.45) is 0 Å². The van der Waals surface area contributed by atoms with E-state index in [1.807, 2.05) is 11.8 Å². The Morgan fingerprint density at radius 3 is 2.58 bits per heavy atom. The van der Waals surface area contributed by atoms with Gasteiger partial charge in [0.05, 0.1) is 4.92 Å². The fraction of sp³-hybridized carbons (Fsp3) is 0.625. The Morgan fingerprint density at radius 1 is 1.25 bits per heavy atom. The van der Waals surface area contributed by atoms with E-state index in [0.29, 0.717) is 0 Å². The molecule has 0 unspecified atom stereocenters. The first-order valence-electron chi connectivity index (χ1n) is 8.18. The summed E-state index contributed by atoms with van der Waals surface area (Å²) in [6.07, 6.45) is 7.19. The molecule has 0 amide bonds. The van der Waals surface area contributed by atoms with E-state index in [-0.39, 0.29) is 15.3 Å². The zero-order valence-electron chi connectivity index (χ0n) is 13.7. The zero-order chi connectivity index (χ0) is 17.4. The minimum Gasteiger partial charge on any atom is -0.369 e. The molecule has 2 aliphatic rings. The minimum absolute atomic E-state index is 0.194. The average molecular weight is 370 g/mol. The van der Waals surface area contributed by atoms with E-state index in [1.54, 1.807) is 6.07 Å². The fourth-order valence-corrected chi connectivity index (χ4v) is 6.14. The third kappa shape index (κ3) is 3.54. The van der Waals surface area contributed by atoms with Crippen LogP contribution >= 0.6 is 11.8 Å². The van der Waals surface area contributed by atoms with Crippen molar-refractivity contribution in [3.63, 3.8) is 0 Å². The van der Waals surface area contributed by atoms with Crippen molar-refractivity contribution in [2.75, 3.05) is 30.0 Å². The lowest BCUT2D eigenvalue weighted by atomic mass is 9.87. The van der Waals surface area contributed by atoms with E-state index in [9.17, 15) is 18.5 Å². The van der Waals surface area contributed by atoms with Crippen LogP contribution in [-0.4, -0.2) is 43.2 Å². The molecule has 1 aromatic rings. The molecule has 1 saturated carbocycles. The monoisotopic (exact) mass is 370 g/mol. The molecule has 0 aromatic heterocycles. The van der Waals surface area contributed by atoms with E-state index >= 15 is 0 Å². The number of benzene rings is 1. The number of anilines is 1. The average Bonchev–Trinajstić information content (AvgIpc) is 2.54. The highest BCUT2D eigenvalue weighted by Gasteiger charge is 2.37. The molecular weight excluding hydrogens is 348 g/mol. The Bertz CT molecular complexity index is 737. The molecule has 1 aliphatic carbocycles. The Balaban J connectivity index is 1.93. The second-order valence-corrected chi connectivity index (χ2v) is 10.2. The maximum Gasteiger partial charge on any atom is 0.288 e. The molecule has 132 valence electrons. The summed E-state index contributed by atoms with van der Waals surface area (Å²) in [6, 6.07) is 4.47. The van der Waals surface area contributed by atoms with Crippen LogP contribution in [0, 0.1) is 10.1 Å². The van der Waals surface area contributed by atoms with Gasteiger partial charge in [-0.25, -0.2) is 8.42 Å². The molecule has 1 saturated heterocycles. The van der Waals surface area contributed by atoms with Crippen LogP contribution in [0.15, 0.2) is 23.1 Å². The van der Waals surface area contributed by atoms with Gasteiger partial charge in [-0.1, -0.05) is 19.3 Å². The summed E-state index contributed by atoms with van der Waals surface area (Å²) >= 11 is 2.03. The Hall–Kier alpha value is -1.28. The van der Waals surface area contributed by atoms with Gasteiger partial charge in [0, 0.05) is 41.6 Å². The van der Waals surface area contributed by atoms with Crippen LogP contribution in [0.1, 0.15) is 32.1 Å². The van der Waals surface area contributed by atoms with Crippen LogP contribution in [0.4, 0.5) is 11.4 Å². The fourth-order valence-electron chi connectivity index (χ4n) is 3.71. The standard InChI is InChI=1S/C16H22N2O4S2/c1-24(21,22)15-11-13(5-6-14(15)18(19)20)17-9-10-23-16(12-17)7-3-2-4-8-16/h5-6,11H,2-4,7-10,12H2,1H3. The van der Waals surface area contributed by atoms with Gasteiger partial charge in [0.1, 0.15) is 4.90 Å². The van der Waals surface area contributed by atoms with Crippen molar-refractivity contribution >= 4 is 33.0 Å². The van der Waals surface area contributed by atoms with E-state index in [4.69, 9.17) is 0 Å². The van der Waals surface area contributed by atoms with Gasteiger partial charge < -0.3 is 4.90 Å². The smallest absolute Gasteiger partial charge is 0.288 e. The second kappa shape index (κ2) is 6.55. The predicted octanol–water partition coefficient (Wildman–Crippen LogP) is 3.25. The topological polar surface area (TPSA) is 80.5 Å². The van der Waals surface area contributed by atoms with Crippen LogP contribution in [0.2, 0.25) is 0 Å². The molecule has 0 N–H and O–H groups in total. The molecule has 6 nitrogen and oxygen atoms in total. The number of sulfone groups is 1. The van der Waals surface area contributed by atoms with Crippen LogP contribution in [-0.2, 0) is 9.84 Å². The van der Waals surface area contributed by atoms with E-state index in [2.05, 4.69) is 4.90 Å². The van der Waals surface area contributed by atoms with Crippen LogP contribution < -0.4 is 4.90 Å². The van der Waals surface area contributed by atoms with Crippen molar-refractivity contribution in [1.82, 2.24) is 0 Å². The zero-order valence-corrected chi connectivity index (χ0v) is 15.4. The maximum absolute atomic E-state index is 12.0. The van der Waals surface area contributed by atoms with E-state index in [0.717, 1.165) is 30.8 Å². The first-order valence-corrected chi connectivity index (χ1v) is 11.1. The van der Waals surface area contributed by atoms with Crippen molar-refractivity contribution < 1.29 is 13.3 Å². The highest BCUT2D eigenvalue weighted by atomic mass is 32.2. The number of thioether (sulfide) groups is 1. The lowest BCUT2D eigenvalue weighted by Gasteiger charge is -2.45. The van der Waals surface area contributed by atoms with E-state index < -0.39 is 14.8 Å². The highest BCUT2D eigenvalue weighted by Crippen LogP contribution is 2.44. The SMILES string of the molecule is CS(=O)(=O)c1cc(N2CCSC3(CCCCC3)C2)ccc1[N+](=O)[O-]. The van der Waals surface area contributed by atoms with Crippen molar-refractivity contribution in [2.45, 2.75) is 41.7 Å². The molecule has 0 bridgehead atoms. The van der Waals surface area contributed by atoms with Gasteiger partial charge in [-0.15, -0.1) is 0 Å². The summed E-state index contributed by atoms with van der Waals surface area (Å²) in [7, 11) is -3.65. The van der Waals surface area contributed by atoms with Crippen molar-refractivity contribution in [3.8, 4) is 0 Å². The van der Waals surface area contributed by atoms with Gasteiger partial charge in [-0.05, 0) is 25.0 Å². The summed E-state index contributed by atoms with van der Waals surface area (Å²) < 4.78 is 24.2. The van der Waals surface area contributed by atoms with Crippen LogP contribution in [0.5, 0.6) is 0 Å². The lowest BCUT2D eigenvalue weighted by molar-refractivity contribution is -0.387. The largest absolute Gasteiger partial charge is 0.369 e. The highest BCUT2D eigenvalue weighted by molar-refractivity contribution is 8.00.